The molecule has 1 heterocycles. The monoisotopic (exact) mass is 256 g/mol. The number of carboxylic acids is 1. The number of hydrogen-bond acceptors (Lipinski definition) is 3. The molecule has 0 bridgehead atoms. The van der Waals surface area contributed by atoms with Crippen molar-refractivity contribution in [2.75, 3.05) is 5.32 Å². The lowest BCUT2D eigenvalue weighted by atomic mass is 10.1. The Kier molecular flexibility index (Phi) is 2.48. The second kappa shape index (κ2) is 4.05. The summed E-state index contributed by atoms with van der Waals surface area (Å²) < 4.78 is 0. The summed E-state index contributed by atoms with van der Waals surface area (Å²) in [6.07, 6.45) is 2.34. The Balaban J connectivity index is 1.86. The van der Waals surface area contributed by atoms with E-state index in [0.29, 0.717) is 18.5 Å². The third-order valence-electron chi connectivity index (χ3n) is 3.44. The van der Waals surface area contributed by atoms with Gasteiger partial charge in [-0.15, -0.1) is 0 Å². The number of nitrogens with zero attached hydrogens (tertiary/aromatic N) is 1. The summed E-state index contributed by atoms with van der Waals surface area (Å²) >= 11 is 0. The van der Waals surface area contributed by atoms with Crippen molar-refractivity contribution in [3.8, 4) is 0 Å². The Morgan fingerprint density at radius 3 is 2.68 bits per heavy atom. The Bertz CT molecular complexity index is 677. The van der Waals surface area contributed by atoms with E-state index in [-0.39, 0.29) is 0 Å². The number of aliphatic carboxylic acids is 1. The van der Waals surface area contributed by atoms with Crippen molar-refractivity contribution in [2.24, 2.45) is 5.41 Å². The maximum absolute atomic E-state index is 12.0. The van der Waals surface area contributed by atoms with Crippen LogP contribution in [-0.4, -0.2) is 22.0 Å². The van der Waals surface area contributed by atoms with Crippen LogP contribution in [0.3, 0.4) is 0 Å². The number of carbonyl (C=O) groups is 2. The van der Waals surface area contributed by atoms with Crippen LogP contribution in [0.2, 0.25) is 0 Å². The quantitative estimate of drug-likeness (QED) is 0.823. The third kappa shape index (κ3) is 1.93. The van der Waals surface area contributed by atoms with Crippen molar-refractivity contribution in [3.63, 3.8) is 0 Å². The molecule has 5 nitrogen and oxygen atoms in total. The van der Waals surface area contributed by atoms with Gasteiger partial charge in [-0.2, -0.15) is 0 Å². The maximum Gasteiger partial charge on any atom is 0.319 e. The minimum atomic E-state index is -1.23. The number of hydrogen-bond donors (Lipinski definition) is 2. The third-order valence-corrected chi connectivity index (χ3v) is 3.44. The second-order valence-electron chi connectivity index (χ2n) is 4.76. The van der Waals surface area contributed by atoms with Gasteiger partial charge in [-0.25, -0.2) is 0 Å². The first-order chi connectivity index (χ1) is 9.12. The number of fused-ring (bicyclic) bond motifs is 1. The molecule has 0 saturated heterocycles. The summed E-state index contributed by atoms with van der Waals surface area (Å²) in [5, 5.41) is 12.6. The molecule has 3 rings (SSSR count). The van der Waals surface area contributed by atoms with Crippen LogP contribution in [0.15, 0.2) is 36.5 Å². The molecule has 0 aliphatic heterocycles. The van der Waals surface area contributed by atoms with E-state index in [0.717, 1.165) is 10.9 Å². The van der Waals surface area contributed by atoms with Gasteiger partial charge in [0.05, 0.1) is 17.4 Å². The molecule has 0 spiro atoms. The van der Waals surface area contributed by atoms with Crippen molar-refractivity contribution in [3.05, 3.63) is 36.5 Å². The Morgan fingerprint density at radius 1 is 1.26 bits per heavy atom. The number of pyridine rings is 1. The molecule has 1 fully saturated rings. The van der Waals surface area contributed by atoms with Gasteiger partial charge in [-0.1, -0.05) is 18.2 Å². The average Bonchev–Trinajstić information content (AvgIpc) is 3.20. The highest BCUT2D eigenvalue weighted by Crippen LogP contribution is 2.46. The van der Waals surface area contributed by atoms with Crippen LogP contribution in [0.4, 0.5) is 5.69 Å². The minimum absolute atomic E-state index is 0.398. The summed E-state index contributed by atoms with van der Waals surface area (Å²) in [6.45, 7) is 0. The molecule has 0 unspecified atom stereocenters. The van der Waals surface area contributed by atoms with Gasteiger partial charge in [0.15, 0.2) is 0 Å². The number of carbonyl (C=O) groups excluding carboxylic acids is 1. The lowest BCUT2D eigenvalue weighted by Gasteiger charge is -2.10. The zero-order valence-corrected chi connectivity index (χ0v) is 10.1. The van der Waals surface area contributed by atoms with Crippen molar-refractivity contribution in [1.29, 1.82) is 0 Å². The first kappa shape index (κ1) is 11.6. The zero-order valence-electron chi connectivity index (χ0n) is 10.1. The van der Waals surface area contributed by atoms with Gasteiger partial charge < -0.3 is 10.4 Å². The van der Waals surface area contributed by atoms with Crippen molar-refractivity contribution in [2.45, 2.75) is 12.8 Å². The molecule has 5 heteroatoms. The molecule has 1 aromatic heterocycles. The molecule has 2 N–H and O–H groups in total. The van der Waals surface area contributed by atoms with Crippen LogP contribution < -0.4 is 5.32 Å². The van der Waals surface area contributed by atoms with Crippen molar-refractivity contribution < 1.29 is 14.7 Å². The highest BCUT2D eigenvalue weighted by Gasteiger charge is 2.57. The molecular formula is C14H12N2O3. The van der Waals surface area contributed by atoms with Crippen LogP contribution in [-0.2, 0) is 9.59 Å². The van der Waals surface area contributed by atoms with Crippen LogP contribution in [0, 0.1) is 5.41 Å². The average molecular weight is 256 g/mol. The molecule has 1 amide bonds. The smallest absolute Gasteiger partial charge is 0.319 e. The van der Waals surface area contributed by atoms with E-state index < -0.39 is 17.3 Å². The number of nitrogens with one attached hydrogen (secondary N) is 1. The number of anilines is 1. The van der Waals surface area contributed by atoms with Gasteiger partial charge in [0, 0.05) is 5.39 Å². The van der Waals surface area contributed by atoms with Gasteiger partial charge in [-0.05, 0) is 25.0 Å². The van der Waals surface area contributed by atoms with Gasteiger partial charge in [-0.3, -0.25) is 14.6 Å². The van der Waals surface area contributed by atoms with Crippen LogP contribution >= 0.6 is 0 Å². The molecule has 0 atom stereocenters. The number of para-hydroxylation sites is 1. The standard InChI is InChI=1S/C14H12N2O3/c17-12(14(5-6-14)13(18)19)16-10-7-9-3-1-2-4-11(9)15-8-10/h1-4,7-8H,5-6H2,(H,16,17)(H,18,19). The number of benzene rings is 1. The Labute approximate surface area is 109 Å². The number of amides is 1. The topological polar surface area (TPSA) is 79.3 Å². The van der Waals surface area contributed by atoms with Crippen molar-refractivity contribution >= 4 is 28.5 Å². The van der Waals surface area contributed by atoms with Crippen LogP contribution in [0.1, 0.15) is 12.8 Å². The fraction of sp³-hybridized carbons (Fsp3) is 0.214. The molecule has 1 aliphatic rings. The fourth-order valence-electron chi connectivity index (χ4n) is 2.05. The highest BCUT2D eigenvalue weighted by molar-refractivity contribution is 6.11. The minimum Gasteiger partial charge on any atom is -0.480 e. The highest BCUT2D eigenvalue weighted by atomic mass is 16.4. The van der Waals surface area contributed by atoms with E-state index in [1.807, 2.05) is 24.3 Å². The largest absolute Gasteiger partial charge is 0.480 e. The molecule has 2 aromatic rings. The summed E-state index contributed by atoms with van der Waals surface area (Å²) in [4.78, 5) is 27.2. The second-order valence-corrected chi connectivity index (χ2v) is 4.76. The molecule has 1 aliphatic carbocycles. The molecular weight excluding hydrogens is 244 g/mol. The molecule has 1 saturated carbocycles. The zero-order chi connectivity index (χ0) is 13.5. The van der Waals surface area contributed by atoms with Gasteiger partial charge in [0.25, 0.3) is 0 Å². The Morgan fingerprint density at radius 2 is 2.00 bits per heavy atom. The summed E-state index contributed by atoms with van der Waals surface area (Å²) in [6, 6.07) is 9.33. The summed E-state index contributed by atoms with van der Waals surface area (Å²) in [7, 11) is 0. The predicted molar refractivity (Wildman–Crippen MR) is 69.7 cm³/mol. The number of rotatable bonds is 3. The maximum atomic E-state index is 12.0. The number of aromatic nitrogens is 1. The Hall–Kier alpha value is -2.43. The first-order valence-corrected chi connectivity index (χ1v) is 6.01. The molecule has 1 aromatic carbocycles. The summed E-state index contributed by atoms with van der Waals surface area (Å²) in [5.74, 6) is -1.52. The van der Waals surface area contributed by atoms with E-state index in [1.165, 1.54) is 6.20 Å². The van der Waals surface area contributed by atoms with E-state index in [4.69, 9.17) is 5.11 Å². The van der Waals surface area contributed by atoms with Gasteiger partial charge in [0.2, 0.25) is 5.91 Å². The fourth-order valence-corrected chi connectivity index (χ4v) is 2.05. The van der Waals surface area contributed by atoms with Crippen molar-refractivity contribution in [1.82, 2.24) is 4.98 Å². The van der Waals surface area contributed by atoms with E-state index in [9.17, 15) is 9.59 Å². The van der Waals surface area contributed by atoms with Gasteiger partial charge >= 0.3 is 5.97 Å². The molecule has 0 radical (unpaired) electrons. The molecule has 96 valence electrons. The first-order valence-electron chi connectivity index (χ1n) is 6.01. The number of carboxylic acid groups (broad SMARTS) is 1. The van der Waals surface area contributed by atoms with Crippen LogP contribution in [0.25, 0.3) is 10.9 Å². The predicted octanol–water partition coefficient (Wildman–Crippen LogP) is 2.04. The van der Waals surface area contributed by atoms with Gasteiger partial charge in [0.1, 0.15) is 5.41 Å². The van der Waals surface area contributed by atoms with E-state index >= 15 is 0 Å². The van der Waals surface area contributed by atoms with E-state index in [2.05, 4.69) is 10.3 Å². The normalized spacial score (nSPS) is 16.0. The SMILES string of the molecule is O=C(O)C1(C(=O)Nc2cnc3ccccc3c2)CC1. The van der Waals surface area contributed by atoms with E-state index in [1.54, 1.807) is 6.07 Å². The lowest BCUT2D eigenvalue weighted by molar-refractivity contribution is -0.147. The summed E-state index contributed by atoms with van der Waals surface area (Å²) in [5.41, 5.74) is 0.127. The molecule has 19 heavy (non-hydrogen) atoms. The lowest BCUT2D eigenvalue weighted by Crippen LogP contribution is -2.31. The van der Waals surface area contributed by atoms with Crippen LogP contribution in [0.5, 0.6) is 0 Å².